The van der Waals surface area contributed by atoms with Gasteiger partial charge in [-0.15, -0.1) is 0 Å². The van der Waals surface area contributed by atoms with E-state index in [1.54, 1.807) is 0 Å². The predicted octanol–water partition coefficient (Wildman–Crippen LogP) is 3.36. The second-order valence-electron chi connectivity index (χ2n) is 8.83. The molecule has 132 valence electrons. The van der Waals surface area contributed by atoms with Crippen molar-refractivity contribution in [2.75, 3.05) is 6.54 Å². The van der Waals surface area contributed by atoms with Crippen LogP contribution in [0, 0.1) is 0 Å². The Bertz CT molecular complexity index is 600. The standard InChI is InChI=1S/C20H29NO3/c1-19(2,3)23-14-12-21-16(17(14)24-20(4,5)6)15(18(21)22)13-10-8-7-9-11-13/h7-11,14-17H,12H2,1-6H3/t14-,15-,16-,17+/m0/s1. The van der Waals surface area contributed by atoms with Crippen LogP contribution in [0.15, 0.2) is 30.3 Å². The molecule has 1 amide bonds. The van der Waals surface area contributed by atoms with Crippen molar-refractivity contribution < 1.29 is 14.3 Å². The fourth-order valence-corrected chi connectivity index (χ4v) is 3.78. The van der Waals surface area contributed by atoms with Gasteiger partial charge in [-0.25, -0.2) is 0 Å². The summed E-state index contributed by atoms with van der Waals surface area (Å²) in [6.45, 7) is 12.9. The van der Waals surface area contributed by atoms with Crippen molar-refractivity contribution in [3.05, 3.63) is 35.9 Å². The van der Waals surface area contributed by atoms with Crippen LogP contribution in [0.25, 0.3) is 0 Å². The third-order valence-electron chi connectivity index (χ3n) is 4.48. The molecule has 4 atom stereocenters. The van der Waals surface area contributed by atoms with Crippen LogP contribution in [-0.2, 0) is 14.3 Å². The van der Waals surface area contributed by atoms with Crippen LogP contribution in [0.3, 0.4) is 0 Å². The number of amides is 1. The zero-order valence-electron chi connectivity index (χ0n) is 15.6. The monoisotopic (exact) mass is 331 g/mol. The van der Waals surface area contributed by atoms with Gasteiger partial charge < -0.3 is 14.4 Å². The summed E-state index contributed by atoms with van der Waals surface area (Å²) in [5, 5.41) is 0. The average molecular weight is 331 g/mol. The normalized spacial score (nSPS) is 30.2. The topological polar surface area (TPSA) is 38.8 Å². The number of rotatable bonds is 3. The first-order valence-corrected chi connectivity index (χ1v) is 8.78. The van der Waals surface area contributed by atoms with Gasteiger partial charge in [-0.2, -0.15) is 0 Å². The first-order valence-electron chi connectivity index (χ1n) is 8.78. The summed E-state index contributed by atoms with van der Waals surface area (Å²) in [5.41, 5.74) is 0.531. The van der Waals surface area contributed by atoms with E-state index in [2.05, 4.69) is 20.8 Å². The van der Waals surface area contributed by atoms with Crippen LogP contribution in [-0.4, -0.2) is 46.8 Å². The maximum atomic E-state index is 12.7. The van der Waals surface area contributed by atoms with E-state index >= 15 is 0 Å². The Kier molecular flexibility index (Phi) is 4.25. The zero-order chi connectivity index (χ0) is 17.7. The average Bonchev–Trinajstić information content (AvgIpc) is 2.72. The van der Waals surface area contributed by atoms with E-state index in [1.807, 2.05) is 56.0 Å². The molecule has 1 aromatic carbocycles. The number of fused-ring (bicyclic) bond motifs is 1. The molecule has 2 aliphatic rings. The summed E-state index contributed by atoms with van der Waals surface area (Å²) in [5.74, 6) is 0.0702. The highest BCUT2D eigenvalue weighted by atomic mass is 16.6. The van der Waals surface area contributed by atoms with E-state index in [4.69, 9.17) is 9.47 Å². The lowest BCUT2D eigenvalue weighted by Gasteiger charge is -2.45. The summed E-state index contributed by atoms with van der Waals surface area (Å²) >= 11 is 0. The number of carbonyl (C=O) groups excluding carboxylic acids is 1. The van der Waals surface area contributed by atoms with Gasteiger partial charge in [0.25, 0.3) is 0 Å². The van der Waals surface area contributed by atoms with Gasteiger partial charge in [0.05, 0.1) is 23.2 Å². The molecule has 2 fully saturated rings. The molecule has 4 heteroatoms. The molecule has 0 aliphatic carbocycles. The minimum atomic E-state index is -0.278. The maximum absolute atomic E-state index is 12.7. The summed E-state index contributed by atoms with van der Waals surface area (Å²) < 4.78 is 12.6. The first kappa shape index (κ1) is 17.4. The third kappa shape index (κ3) is 3.35. The molecule has 0 spiro atoms. The molecular weight excluding hydrogens is 302 g/mol. The number of β-lactam (4-membered cyclic amide) rings is 1. The lowest BCUT2D eigenvalue weighted by atomic mass is 9.80. The molecule has 0 N–H and O–H groups in total. The number of hydrogen-bond donors (Lipinski definition) is 0. The largest absolute Gasteiger partial charge is 0.368 e. The van der Waals surface area contributed by atoms with Crippen molar-refractivity contribution in [3.63, 3.8) is 0 Å². The number of ether oxygens (including phenoxy) is 2. The second-order valence-corrected chi connectivity index (χ2v) is 8.83. The van der Waals surface area contributed by atoms with Crippen LogP contribution in [0.1, 0.15) is 53.0 Å². The lowest BCUT2D eigenvalue weighted by molar-refractivity contribution is -0.166. The Hall–Kier alpha value is -1.39. The van der Waals surface area contributed by atoms with Gasteiger partial charge in [-0.1, -0.05) is 30.3 Å². The van der Waals surface area contributed by atoms with E-state index in [-0.39, 0.29) is 41.3 Å². The molecular formula is C20H29NO3. The van der Waals surface area contributed by atoms with Gasteiger partial charge in [0, 0.05) is 6.54 Å². The van der Waals surface area contributed by atoms with Crippen LogP contribution in [0.2, 0.25) is 0 Å². The minimum Gasteiger partial charge on any atom is -0.368 e. The Labute approximate surface area is 145 Å². The summed E-state index contributed by atoms with van der Waals surface area (Å²) in [6.07, 6.45) is -0.195. The van der Waals surface area contributed by atoms with Gasteiger partial charge in [-0.3, -0.25) is 4.79 Å². The van der Waals surface area contributed by atoms with E-state index in [1.165, 1.54) is 0 Å². The highest BCUT2D eigenvalue weighted by Crippen LogP contribution is 2.45. The highest BCUT2D eigenvalue weighted by Gasteiger charge is 2.60. The second kappa shape index (κ2) is 5.85. The Morgan fingerprint density at radius 3 is 2.08 bits per heavy atom. The fourth-order valence-electron chi connectivity index (χ4n) is 3.78. The molecule has 2 saturated heterocycles. The van der Waals surface area contributed by atoms with Crippen LogP contribution < -0.4 is 0 Å². The minimum absolute atomic E-state index is 0.0616. The summed E-state index contributed by atoms with van der Waals surface area (Å²) in [6, 6.07) is 10.1. The molecule has 2 aliphatic heterocycles. The number of benzene rings is 1. The van der Waals surface area contributed by atoms with E-state index in [9.17, 15) is 4.79 Å². The maximum Gasteiger partial charge on any atom is 0.232 e. The molecule has 0 radical (unpaired) electrons. The molecule has 0 unspecified atom stereocenters. The van der Waals surface area contributed by atoms with Crippen LogP contribution in [0.4, 0.5) is 0 Å². The molecule has 0 saturated carbocycles. The molecule has 0 bridgehead atoms. The molecule has 2 heterocycles. The van der Waals surface area contributed by atoms with Gasteiger partial charge in [-0.05, 0) is 47.1 Å². The fraction of sp³-hybridized carbons (Fsp3) is 0.650. The number of hydrogen-bond acceptors (Lipinski definition) is 3. The van der Waals surface area contributed by atoms with Gasteiger partial charge >= 0.3 is 0 Å². The van der Waals surface area contributed by atoms with Gasteiger partial charge in [0.15, 0.2) is 0 Å². The van der Waals surface area contributed by atoms with Gasteiger partial charge in [0.2, 0.25) is 5.91 Å². The summed E-state index contributed by atoms with van der Waals surface area (Å²) in [7, 11) is 0. The Morgan fingerprint density at radius 2 is 1.54 bits per heavy atom. The van der Waals surface area contributed by atoms with E-state index in [0.29, 0.717) is 6.54 Å². The molecule has 0 aromatic heterocycles. The summed E-state index contributed by atoms with van der Waals surface area (Å²) in [4.78, 5) is 14.6. The number of nitrogens with zero attached hydrogens (tertiary/aromatic N) is 1. The third-order valence-corrected chi connectivity index (χ3v) is 4.48. The predicted molar refractivity (Wildman–Crippen MR) is 93.9 cm³/mol. The highest BCUT2D eigenvalue weighted by molar-refractivity contribution is 5.92. The van der Waals surface area contributed by atoms with Crippen molar-refractivity contribution in [2.45, 2.75) is 76.9 Å². The Balaban J connectivity index is 1.88. The lowest BCUT2D eigenvalue weighted by Crippen LogP contribution is -2.60. The van der Waals surface area contributed by atoms with Crippen molar-refractivity contribution in [2.24, 2.45) is 0 Å². The van der Waals surface area contributed by atoms with Crippen LogP contribution in [0.5, 0.6) is 0 Å². The molecule has 4 nitrogen and oxygen atoms in total. The smallest absolute Gasteiger partial charge is 0.232 e. The van der Waals surface area contributed by atoms with Crippen molar-refractivity contribution >= 4 is 5.91 Å². The zero-order valence-corrected chi connectivity index (χ0v) is 15.6. The van der Waals surface area contributed by atoms with Crippen molar-refractivity contribution in [1.29, 1.82) is 0 Å². The molecule has 3 rings (SSSR count). The quantitative estimate of drug-likeness (QED) is 0.797. The van der Waals surface area contributed by atoms with Crippen LogP contribution >= 0.6 is 0 Å². The van der Waals surface area contributed by atoms with Crippen molar-refractivity contribution in [3.8, 4) is 0 Å². The van der Waals surface area contributed by atoms with Crippen molar-refractivity contribution in [1.82, 2.24) is 4.90 Å². The molecule has 1 aromatic rings. The van der Waals surface area contributed by atoms with E-state index < -0.39 is 0 Å². The molecule has 24 heavy (non-hydrogen) atoms. The first-order chi connectivity index (χ1) is 11.1. The Morgan fingerprint density at radius 1 is 0.958 bits per heavy atom. The van der Waals surface area contributed by atoms with Gasteiger partial charge in [0.1, 0.15) is 12.2 Å². The number of carbonyl (C=O) groups is 1. The SMILES string of the molecule is CC(C)(C)O[C@H]1[C@@H]2[C@H](c3ccccc3)C(=O)N2C[C@@H]1OC(C)(C)C. The van der Waals surface area contributed by atoms with E-state index in [0.717, 1.165) is 5.56 Å².